The molecule has 0 atom stereocenters. The summed E-state index contributed by atoms with van der Waals surface area (Å²) in [4.78, 5) is 47.1. The zero-order chi connectivity index (χ0) is 21.9. The molecule has 0 radical (unpaired) electrons. The van der Waals surface area contributed by atoms with Gasteiger partial charge in [-0.05, 0) is 42.8 Å². The van der Waals surface area contributed by atoms with Crippen molar-refractivity contribution in [2.24, 2.45) is 0 Å². The number of anilines is 1. The highest BCUT2D eigenvalue weighted by atomic mass is 35.5. The quantitative estimate of drug-likeness (QED) is 0.421. The number of amides is 3. The molecule has 2 aromatic rings. The number of benzene rings is 2. The maximum absolute atomic E-state index is 11.9. The molecule has 0 aliphatic rings. The molecule has 0 unspecified atom stereocenters. The molecule has 3 N–H and O–H groups in total. The van der Waals surface area contributed by atoms with Crippen LogP contribution in [-0.2, 0) is 19.1 Å². The van der Waals surface area contributed by atoms with E-state index in [0.717, 1.165) is 0 Å². The first-order chi connectivity index (χ1) is 14.3. The lowest BCUT2D eigenvalue weighted by atomic mass is 10.2. The minimum Gasteiger partial charge on any atom is -0.455 e. The summed E-state index contributed by atoms with van der Waals surface area (Å²) in [5.41, 5.74) is 5.08. The van der Waals surface area contributed by atoms with Gasteiger partial charge in [0.05, 0.1) is 10.6 Å². The van der Waals surface area contributed by atoms with Crippen LogP contribution in [0.2, 0.25) is 10.0 Å². The van der Waals surface area contributed by atoms with E-state index in [-0.39, 0.29) is 35.8 Å². The van der Waals surface area contributed by atoms with E-state index in [9.17, 15) is 19.2 Å². The van der Waals surface area contributed by atoms with Crippen LogP contribution in [0.1, 0.15) is 29.6 Å². The lowest BCUT2D eigenvalue weighted by molar-refractivity contribution is -0.148. The van der Waals surface area contributed by atoms with Crippen LogP contribution in [-0.4, -0.2) is 30.3 Å². The fourth-order valence-corrected chi connectivity index (χ4v) is 2.59. The summed E-state index contributed by atoms with van der Waals surface area (Å²) in [6.45, 7) is -0.571. The number of carbonyl (C=O) groups is 4. The number of hydrogen-bond donors (Lipinski definition) is 3. The van der Waals surface area contributed by atoms with Crippen LogP contribution in [0.25, 0.3) is 0 Å². The van der Waals surface area contributed by atoms with Gasteiger partial charge in [-0.2, -0.15) is 0 Å². The maximum Gasteiger partial charge on any atom is 0.306 e. The van der Waals surface area contributed by atoms with Gasteiger partial charge in [-0.25, -0.2) is 0 Å². The number of ether oxygens (including phenoxy) is 1. The summed E-state index contributed by atoms with van der Waals surface area (Å²) < 4.78 is 4.80. The van der Waals surface area contributed by atoms with Gasteiger partial charge in [-0.3, -0.25) is 30.0 Å². The zero-order valence-electron chi connectivity index (χ0n) is 15.7. The van der Waals surface area contributed by atoms with Crippen molar-refractivity contribution >= 4 is 52.6 Å². The van der Waals surface area contributed by atoms with Crippen molar-refractivity contribution in [3.63, 3.8) is 0 Å². The third-order valence-corrected chi connectivity index (χ3v) is 4.29. The van der Waals surface area contributed by atoms with Gasteiger partial charge in [-0.1, -0.05) is 35.3 Å². The van der Waals surface area contributed by atoms with Crippen molar-refractivity contribution in [1.29, 1.82) is 0 Å². The second kappa shape index (κ2) is 11.8. The highest BCUT2D eigenvalue weighted by molar-refractivity contribution is 6.33. The molecule has 0 saturated heterocycles. The molecule has 30 heavy (non-hydrogen) atoms. The average Bonchev–Trinajstić information content (AvgIpc) is 2.72. The molecule has 0 bridgehead atoms. The van der Waals surface area contributed by atoms with Crippen LogP contribution >= 0.6 is 23.2 Å². The molecule has 0 heterocycles. The van der Waals surface area contributed by atoms with Crippen LogP contribution < -0.4 is 16.2 Å². The van der Waals surface area contributed by atoms with E-state index in [4.69, 9.17) is 27.9 Å². The summed E-state index contributed by atoms with van der Waals surface area (Å²) in [6.07, 6.45) is 0.328. The smallest absolute Gasteiger partial charge is 0.306 e. The third kappa shape index (κ3) is 8.10. The van der Waals surface area contributed by atoms with Crippen molar-refractivity contribution in [1.82, 2.24) is 10.9 Å². The van der Waals surface area contributed by atoms with E-state index in [1.807, 2.05) is 0 Å². The Morgan fingerprint density at radius 1 is 0.833 bits per heavy atom. The van der Waals surface area contributed by atoms with Gasteiger partial charge in [0.25, 0.3) is 11.8 Å². The molecule has 158 valence electrons. The molecule has 0 fully saturated rings. The van der Waals surface area contributed by atoms with Gasteiger partial charge in [-0.15, -0.1) is 0 Å². The lowest BCUT2D eigenvalue weighted by Crippen LogP contribution is -2.43. The molecule has 0 saturated carbocycles. The van der Waals surface area contributed by atoms with E-state index in [1.54, 1.807) is 36.4 Å². The summed E-state index contributed by atoms with van der Waals surface area (Å²) >= 11 is 11.7. The maximum atomic E-state index is 11.9. The van der Waals surface area contributed by atoms with Crippen molar-refractivity contribution in [2.75, 3.05) is 11.9 Å². The largest absolute Gasteiger partial charge is 0.455 e. The molecule has 0 aliphatic carbocycles. The first-order valence-corrected chi connectivity index (χ1v) is 9.65. The van der Waals surface area contributed by atoms with Crippen LogP contribution in [0, 0.1) is 0 Å². The number of esters is 1. The minimum absolute atomic E-state index is 0.0344. The second-order valence-corrected chi connectivity index (χ2v) is 6.90. The van der Waals surface area contributed by atoms with Gasteiger partial charge in [0.2, 0.25) is 5.91 Å². The van der Waals surface area contributed by atoms with Gasteiger partial charge in [0, 0.05) is 23.6 Å². The number of hydrogen-bond acceptors (Lipinski definition) is 5. The van der Waals surface area contributed by atoms with Crippen LogP contribution in [0.4, 0.5) is 5.69 Å². The highest BCUT2D eigenvalue weighted by Crippen LogP contribution is 2.15. The molecule has 0 aliphatic heterocycles. The Morgan fingerprint density at radius 2 is 1.53 bits per heavy atom. The monoisotopic (exact) mass is 451 g/mol. The van der Waals surface area contributed by atoms with Crippen molar-refractivity contribution < 1.29 is 23.9 Å². The van der Waals surface area contributed by atoms with Crippen LogP contribution in [0.3, 0.4) is 0 Å². The Hall–Kier alpha value is -3.10. The molecule has 8 nitrogen and oxygen atoms in total. The Labute approximate surface area is 182 Å². The number of nitrogens with one attached hydrogen (secondary N) is 3. The normalized spacial score (nSPS) is 10.1. The Morgan fingerprint density at radius 3 is 2.23 bits per heavy atom. The molecular formula is C20H19Cl2N3O5. The van der Waals surface area contributed by atoms with Crippen molar-refractivity contribution in [3.8, 4) is 0 Å². The zero-order valence-corrected chi connectivity index (χ0v) is 17.3. The molecule has 0 aromatic heterocycles. The van der Waals surface area contributed by atoms with Gasteiger partial charge in [0.1, 0.15) is 0 Å². The SMILES string of the molecule is O=C(COC(=O)CCCC(=O)Nc1ccc(Cl)cc1)NNC(=O)c1ccccc1Cl. The Bertz CT molecular complexity index is 919. The molecular weight excluding hydrogens is 433 g/mol. The minimum atomic E-state index is -0.718. The summed E-state index contributed by atoms with van der Waals surface area (Å²) in [5, 5.41) is 3.47. The van der Waals surface area contributed by atoms with Crippen molar-refractivity contribution in [3.05, 3.63) is 64.1 Å². The van der Waals surface area contributed by atoms with E-state index >= 15 is 0 Å². The Balaban J connectivity index is 1.60. The third-order valence-electron chi connectivity index (χ3n) is 3.71. The van der Waals surface area contributed by atoms with E-state index in [2.05, 4.69) is 16.2 Å². The van der Waals surface area contributed by atoms with Gasteiger partial charge < -0.3 is 10.1 Å². The topological polar surface area (TPSA) is 114 Å². The number of hydrazine groups is 1. The van der Waals surface area contributed by atoms with Gasteiger partial charge >= 0.3 is 5.97 Å². The first-order valence-electron chi connectivity index (χ1n) is 8.90. The molecule has 10 heteroatoms. The molecule has 0 spiro atoms. The number of halogens is 2. The fraction of sp³-hybridized carbons (Fsp3) is 0.200. The predicted molar refractivity (Wildman–Crippen MR) is 112 cm³/mol. The predicted octanol–water partition coefficient (Wildman–Crippen LogP) is 3.11. The molecule has 2 aromatic carbocycles. The summed E-state index contributed by atoms with van der Waals surface area (Å²) in [6, 6.07) is 12.9. The average molecular weight is 452 g/mol. The van der Waals surface area contributed by atoms with Crippen LogP contribution in [0.5, 0.6) is 0 Å². The fourth-order valence-electron chi connectivity index (χ4n) is 2.24. The molecule has 2 rings (SSSR count). The summed E-state index contributed by atoms with van der Waals surface area (Å²) in [5.74, 6) is -2.22. The van der Waals surface area contributed by atoms with Crippen LogP contribution in [0.15, 0.2) is 48.5 Å². The lowest BCUT2D eigenvalue weighted by Gasteiger charge is -2.09. The van der Waals surface area contributed by atoms with E-state index in [0.29, 0.717) is 10.7 Å². The standard InChI is InChI=1S/C20H19Cl2N3O5/c21-13-8-10-14(11-9-13)23-17(26)6-3-7-19(28)30-12-18(27)24-25-20(29)15-4-1-2-5-16(15)22/h1-2,4-5,8-11H,3,6-7,12H2,(H,23,26)(H,24,27)(H,25,29). The number of rotatable bonds is 8. The molecule has 3 amide bonds. The van der Waals surface area contributed by atoms with E-state index in [1.165, 1.54) is 12.1 Å². The second-order valence-electron chi connectivity index (χ2n) is 6.05. The van der Waals surface area contributed by atoms with Gasteiger partial charge in [0.15, 0.2) is 6.61 Å². The number of carbonyl (C=O) groups excluding carboxylic acids is 4. The Kier molecular flexibility index (Phi) is 9.11. The van der Waals surface area contributed by atoms with E-state index < -0.39 is 24.4 Å². The highest BCUT2D eigenvalue weighted by Gasteiger charge is 2.12. The summed E-state index contributed by atoms with van der Waals surface area (Å²) in [7, 11) is 0. The van der Waals surface area contributed by atoms with Crippen molar-refractivity contribution in [2.45, 2.75) is 19.3 Å². The first kappa shape index (κ1) is 23.2.